The number of nitrogens with one attached hydrogen (secondary N) is 2. The van der Waals surface area contributed by atoms with Crippen LogP contribution in [0.5, 0.6) is 0 Å². The van der Waals surface area contributed by atoms with Crippen LogP contribution in [0.25, 0.3) is 11.4 Å². The van der Waals surface area contributed by atoms with Crippen LogP contribution >= 0.6 is 0 Å². The molecule has 0 atom stereocenters. The number of hydrogen-bond donors (Lipinski definition) is 2. The second-order valence-electron chi connectivity index (χ2n) is 7.68. The number of hydrogen-bond acceptors (Lipinski definition) is 7. The van der Waals surface area contributed by atoms with Crippen molar-refractivity contribution in [1.82, 2.24) is 36.1 Å². The molecule has 9 heteroatoms. The highest BCUT2D eigenvalue weighted by atomic mass is 19.1. The van der Waals surface area contributed by atoms with Gasteiger partial charge in [0.05, 0.1) is 16.9 Å². The summed E-state index contributed by atoms with van der Waals surface area (Å²) in [7, 11) is 0. The van der Waals surface area contributed by atoms with E-state index in [0.29, 0.717) is 24.6 Å². The summed E-state index contributed by atoms with van der Waals surface area (Å²) >= 11 is 0. The van der Waals surface area contributed by atoms with Crippen molar-refractivity contribution in [2.24, 2.45) is 5.92 Å². The van der Waals surface area contributed by atoms with E-state index in [0.717, 1.165) is 42.9 Å². The molecule has 0 saturated heterocycles. The minimum Gasteiger partial charge on any atom is -0.370 e. The highest BCUT2D eigenvalue weighted by Crippen LogP contribution is 2.33. The van der Waals surface area contributed by atoms with Gasteiger partial charge in [-0.15, -0.1) is 10.2 Å². The van der Waals surface area contributed by atoms with E-state index in [1.54, 1.807) is 12.3 Å². The first-order chi connectivity index (χ1) is 14.6. The Bertz CT molecular complexity index is 899. The van der Waals surface area contributed by atoms with Crippen molar-refractivity contribution in [1.29, 1.82) is 0 Å². The molecule has 0 aliphatic heterocycles. The molecule has 0 radical (unpaired) electrons. The Morgan fingerprint density at radius 2 is 2.07 bits per heavy atom. The average Bonchev–Trinajstić information content (AvgIpc) is 3.24. The largest absolute Gasteiger partial charge is 0.370 e. The van der Waals surface area contributed by atoms with Crippen LogP contribution in [0.1, 0.15) is 38.4 Å². The SMILES string of the molecule is CCCN(CCNCc1cccnn1)c1cc(CC(C)C)cc(F)c1-c1nn[nH]n1. The summed E-state index contributed by atoms with van der Waals surface area (Å²) in [4.78, 5) is 2.18. The summed E-state index contributed by atoms with van der Waals surface area (Å²) in [5.74, 6) is 0.381. The number of anilines is 1. The number of benzene rings is 1. The molecule has 8 nitrogen and oxygen atoms in total. The van der Waals surface area contributed by atoms with Crippen LogP contribution in [0, 0.1) is 11.7 Å². The van der Waals surface area contributed by atoms with Gasteiger partial charge in [-0.05, 0) is 53.8 Å². The molecule has 2 N–H and O–H groups in total. The Labute approximate surface area is 176 Å². The zero-order valence-electron chi connectivity index (χ0n) is 17.8. The van der Waals surface area contributed by atoms with Crippen molar-refractivity contribution in [3.63, 3.8) is 0 Å². The molecule has 1 aromatic carbocycles. The topological polar surface area (TPSA) is 95.5 Å². The molecule has 160 valence electrons. The van der Waals surface area contributed by atoms with Crippen LogP contribution in [0.15, 0.2) is 30.5 Å². The van der Waals surface area contributed by atoms with Gasteiger partial charge in [0.15, 0.2) is 0 Å². The van der Waals surface area contributed by atoms with E-state index >= 15 is 4.39 Å². The van der Waals surface area contributed by atoms with E-state index in [4.69, 9.17) is 0 Å². The average molecular weight is 413 g/mol. The molecule has 30 heavy (non-hydrogen) atoms. The Morgan fingerprint density at radius 1 is 1.20 bits per heavy atom. The van der Waals surface area contributed by atoms with Gasteiger partial charge in [0.2, 0.25) is 5.82 Å². The molecule has 2 heterocycles. The van der Waals surface area contributed by atoms with E-state index < -0.39 is 0 Å². The fraction of sp³-hybridized carbons (Fsp3) is 0.476. The molecule has 3 rings (SSSR count). The molecule has 0 amide bonds. The van der Waals surface area contributed by atoms with Crippen LogP contribution in [-0.4, -0.2) is 50.5 Å². The Kier molecular flexibility index (Phi) is 7.78. The summed E-state index contributed by atoms with van der Waals surface area (Å²) < 4.78 is 15.2. The summed E-state index contributed by atoms with van der Waals surface area (Å²) in [6, 6.07) is 7.45. The number of rotatable bonds is 11. The van der Waals surface area contributed by atoms with Crippen LogP contribution in [0.4, 0.5) is 10.1 Å². The normalized spacial score (nSPS) is 11.2. The quantitative estimate of drug-likeness (QED) is 0.467. The zero-order chi connectivity index (χ0) is 21.3. The molecule has 0 aliphatic rings. The van der Waals surface area contributed by atoms with Crippen LogP contribution in [-0.2, 0) is 13.0 Å². The second kappa shape index (κ2) is 10.7. The molecule has 0 bridgehead atoms. The lowest BCUT2D eigenvalue weighted by Crippen LogP contribution is -2.33. The van der Waals surface area contributed by atoms with Crippen LogP contribution in [0.2, 0.25) is 0 Å². The first-order valence-electron chi connectivity index (χ1n) is 10.4. The third-order valence-electron chi connectivity index (χ3n) is 4.67. The minimum atomic E-state index is -0.321. The third kappa shape index (κ3) is 5.79. The van der Waals surface area contributed by atoms with Crippen molar-refractivity contribution in [2.45, 2.75) is 40.2 Å². The molecule has 3 aromatic rings. The molecule has 0 spiro atoms. The predicted octanol–water partition coefficient (Wildman–Crippen LogP) is 3.00. The fourth-order valence-electron chi connectivity index (χ4n) is 3.46. The molecular weight excluding hydrogens is 383 g/mol. The van der Waals surface area contributed by atoms with Gasteiger partial charge in [0, 0.05) is 32.4 Å². The van der Waals surface area contributed by atoms with Crippen LogP contribution < -0.4 is 10.2 Å². The van der Waals surface area contributed by atoms with Crippen molar-refractivity contribution >= 4 is 5.69 Å². The van der Waals surface area contributed by atoms with E-state index in [-0.39, 0.29) is 11.6 Å². The highest BCUT2D eigenvalue weighted by molar-refractivity contribution is 5.75. The van der Waals surface area contributed by atoms with Crippen molar-refractivity contribution in [3.8, 4) is 11.4 Å². The lowest BCUT2D eigenvalue weighted by Gasteiger charge is -2.27. The van der Waals surface area contributed by atoms with Gasteiger partial charge >= 0.3 is 0 Å². The number of halogens is 1. The second-order valence-corrected chi connectivity index (χ2v) is 7.68. The number of nitrogens with zero attached hydrogens (tertiary/aromatic N) is 6. The van der Waals surface area contributed by atoms with Gasteiger partial charge in [-0.3, -0.25) is 0 Å². The fourth-order valence-corrected chi connectivity index (χ4v) is 3.46. The zero-order valence-corrected chi connectivity index (χ0v) is 17.8. The molecule has 0 fully saturated rings. The summed E-state index contributed by atoms with van der Waals surface area (Å²) in [5, 5.41) is 25.5. The maximum atomic E-state index is 15.2. The Hall–Kier alpha value is -2.94. The summed E-state index contributed by atoms with van der Waals surface area (Å²) in [5.41, 5.74) is 3.05. The smallest absolute Gasteiger partial charge is 0.209 e. The van der Waals surface area contributed by atoms with Gasteiger partial charge in [-0.2, -0.15) is 15.4 Å². The monoisotopic (exact) mass is 412 g/mol. The summed E-state index contributed by atoms with van der Waals surface area (Å²) in [6.07, 6.45) is 3.40. The molecule has 0 aliphatic carbocycles. The predicted molar refractivity (Wildman–Crippen MR) is 114 cm³/mol. The number of aromatic nitrogens is 6. The van der Waals surface area contributed by atoms with Gasteiger partial charge in [0.1, 0.15) is 5.82 Å². The van der Waals surface area contributed by atoms with Crippen LogP contribution in [0.3, 0.4) is 0 Å². The van der Waals surface area contributed by atoms with Gasteiger partial charge in [0.25, 0.3) is 0 Å². The first kappa shape index (κ1) is 21.8. The Balaban J connectivity index is 1.82. The maximum absolute atomic E-state index is 15.2. The van der Waals surface area contributed by atoms with Crippen molar-refractivity contribution in [2.75, 3.05) is 24.5 Å². The number of tetrazole rings is 1. The lowest BCUT2D eigenvalue weighted by molar-refractivity contribution is 0.609. The van der Waals surface area contributed by atoms with Crippen molar-refractivity contribution < 1.29 is 4.39 Å². The summed E-state index contributed by atoms with van der Waals surface area (Å²) in [6.45, 7) is 9.23. The Morgan fingerprint density at radius 3 is 2.73 bits per heavy atom. The third-order valence-corrected chi connectivity index (χ3v) is 4.67. The number of H-pyrrole nitrogens is 1. The van der Waals surface area contributed by atoms with Gasteiger partial charge in [-0.1, -0.05) is 20.8 Å². The van der Waals surface area contributed by atoms with E-state index in [1.165, 1.54) is 0 Å². The molecular formula is C21H29FN8. The molecule has 0 unspecified atom stereocenters. The van der Waals surface area contributed by atoms with E-state index in [2.05, 4.69) is 67.9 Å². The molecule has 2 aromatic heterocycles. The lowest BCUT2D eigenvalue weighted by atomic mass is 9.99. The number of aromatic amines is 1. The minimum absolute atomic E-state index is 0.271. The first-order valence-corrected chi connectivity index (χ1v) is 10.4. The van der Waals surface area contributed by atoms with Crippen molar-refractivity contribution in [3.05, 3.63) is 47.5 Å². The maximum Gasteiger partial charge on any atom is 0.209 e. The molecule has 0 saturated carbocycles. The highest BCUT2D eigenvalue weighted by Gasteiger charge is 2.21. The van der Waals surface area contributed by atoms with Gasteiger partial charge < -0.3 is 10.2 Å². The standard InChI is InChI=1S/C21H29FN8/c1-4-9-30(10-8-23-14-17-6-5-7-24-25-17)19-13-16(11-15(2)3)12-18(22)20(19)21-26-28-29-27-21/h5-7,12-13,15,23H,4,8-11,14H2,1-3H3,(H,26,27,28,29). The van der Waals surface area contributed by atoms with E-state index in [1.807, 2.05) is 12.1 Å². The van der Waals surface area contributed by atoms with E-state index in [9.17, 15) is 0 Å². The van der Waals surface area contributed by atoms with Gasteiger partial charge in [-0.25, -0.2) is 4.39 Å².